The molecule has 0 N–H and O–H groups in total. The van der Waals surface area contributed by atoms with Crippen molar-refractivity contribution in [3.63, 3.8) is 0 Å². The second-order valence-electron chi connectivity index (χ2n) is 5.49. The first kappa shape index (κ1) is 16.1. The zero-order chi connectivity index (χ0) is 13.3. The van der Waals surface area contributed by atoms with Gasteiger partial charge in [0.05, 0.1) is 0 Å². The van der Waals surface area contributed by atoms with E-state index in [1.165, 1.54) is 51.8 Å². The van der Waals surface area contributed by atoms with Gasteiger partial charge in [0.15, 0.2) is 0 Å². The molecule has 1 heterocycles. The molecule has 104 valence electrons. The molecule has 3 heteroatoms. The minimum atomic E-state index is -2.23. The predicted molar refractivity (Wildman–Crippen MR) is 82.5 cm³/mol. The minimum absolute atomic E-state index is 1.33. The van der Waals surface area contributed by atoms with Crippen molar-refractivity contribution in [1.82, 2.24) is 8.00 Å². The molecule has 0 aliphatic rings. The van der Waals surface area contributed by atoms with Gasteiger partial charge in [-0.2, -0.15) is 0 Å². The summed E-state index contributed by atoms with van der Waals surface area (Å²) in [7, 11) is 0. The van der Waals surface area contributed by atoms with Crippen molar-refractivity contribution < 1.29 is 0 Å². The van der Waals surface area contributed by atoms with E-state index in [4.69, 9.17) is 0 Å². The van der Waals surface area contributed by atoms with Gasteiger partial charge in [-0.15, -0.1) is 0 Å². The van der Waals surface area contributed by atoms with Crippen LogP contribution in [0.5, 0.6) is 0 Å². The fourth-order valence-electron chi connectivity index (χ4n) is 2.79. The van der Waals surface area contributed by atoms with Gasteiger partial charge in [0.1, 0.15) is 0 Å². The Morgan fingerprint density at radius 3 is 1.72 bits per heavy atom. The van der Waals surface area contributed by atoms with Gasteiger partial charge < -0.3 is 0 Å². The average molecular weight is 357 g/mol. The molecule has 1 aromatic heterocycles. The summed E-state index contributed by atoms with van der Waals surface area (Å²) in [6.45, 7) is 6.96. The van der Waals surface area contributed by atoms with Gasteiger partial charge in [0, 0.05) is 0 Å². The van der Waals surface area contributed by atoms with Gasteiger partial charge in [-0.05, 0) is 0 Å². The van der Waals surface area contributed by atoms with E-state index >= 15 is 0 Å². The quantitative estimate of drug-likeness (QED) is 0.534. The van der Waals surface area contributed by atoms with Crippen LogP contribution in [0.2, 0.25) is 13.3 Å². The fraction of sp³-hybridized carbons (Fsp3) is 0.800. The normalized spacial score (nSPS) is 11.9. The number of aromatic nitrogens is 2. The van der Waals surface area contributed by atoms with Crippen LogP contribution in [-0.2, 0) is 0 Å². The number of hydrogen-bond donors (Lipinski definition) is 0. The first-order chi connectivity index (χ1) is 8.79. The molecule has 0 bridgehead atoms. The number of nitrogens with zero attached hydrogens (tertiary/aromatic N) is 2. The SMILES string of the molecule is CCC[CH2][Sn]([CH2]CCC)([CH2]CCC)[n]1cccn1. The first-order valence-electron chi connectivity index (χ1n) is 7.79. The van der Waals surface area contributed by atoms with Crippen molar-refractivity contribution in [2.45, 2.75) is 72.6 Å². The topological polar surface area (TPSA) is 17.8 Å². The molecular formula is C15H30N2Sn. The molecule has 0 amide bonds. The Morgan fingerprint density at radius 1 is 0.889 bits per heavy atom. The van der Waals surface area contributed by atoms with E-state index in [0.717, 1.165) is 0 Å². The molecule has 0 unspecified atom stereocenters. The van der Waals surface area contributed by atoms with E-state index in [-0.39, 0.29) is 0 Å². The van der Waals surface area contributed by atoms with Crippen LogP contribution < -0.4 is 0 Å². The summed E-state index contributed by atoms with van der Waals surface area (Å²) < 4.78 is 6.95. The van der Waals surface area contributed by atoms with E-state index in [9.17, 15) is 0 Å². The predicted octanol–water partition coefficient (Wildman–Crippen LogP) is 5.08. The number of unbranched alkanes of at least 4 members (excludes halogenated alkanes) is 3. The third-order valence-electron chi connectivity index (χ3n) is 3.98. The molecule has 0 aliphatic carbocycles. The van der Waals surface area contributed by atoms with Gasteiger partial charge in [-0.1, -0.05) is 0 Å². The monoisotopic (exact) mass is 358 g/mol. The Kier molecular flexibility index (Phi) is 8.03. The van der Waals surface area contributed by atoms with Crippen molar-refractivity contribution in [3.05, 3.63) is 18.5 Å². The molecule has 0 saturated heterocycles. The molecule has 0 atom stereocenters. The standard InChI is InChI=1S/3C4H9.C3H3N2.Sn/c3*1-3-4-2;1-2-4-5-3-1;/h3*1,3-4H2,2H3;1-3H;/q;;;-1;+1. The molecule has 1 rings (SSSR count). The van der Waals surface area contributed by atoms with Crippen LogP contribution in [0.3, 0.4) is 0 Å². The molecular weight excluding hydrogens is 327 g/mol. The molecule has 18 heavy (non-hydrogen) atoms. The summed E-state index contributed by atoms with van der Waals surface area (Å²) in [6, 6.07) is 2.12. The van der Waals surface area contributed by atoms with Gasteiger partial charge in [-0.25, -0.2) is 0 Å². The number of hydrogen-bond acceptors (Lipinski definition) is 1. The van der Waals surface area contributed by atoms with Gasteiger partial charge in [-0.3, -0.25) is 0 Å². The van der Waals surface area contributed by atoms with E-state index in [1.807, 2.05) is 6.20 Å². The molecule has 0 aromatic carbocycles. The van der Waals surface area contributed by atoms with E-state index in [1.54, 1.807) is 0 Å². The molecule has 0 aliphatic heterocycles. The summed E-state index contributed by atoms with van der Waals surface area (Å²) in [4.78, 5) is 0. The maximum absolute atomic E-state index is 4.66. The second kappa shape index (κ2) is 9.00. The van der Waals surface area contributed by atoms with Crippen LogP contribution in [0.4, 0.5) is 0 Å². The summed E-state index contributed by atoms with van der Waals surface area (Å²) in [5.41, 5.74) is 0. The summed E-state index contributed by atoms with van der Waals surface area (Å²) >= 11 is -2.23. The Labute approximate surface area is 117 Å². The Bertz CT molecular complexity index is 274. The van der Waals surface area contributed by atoms with Gasteiger partial charge >= 0.3 is 118 Å². The zero-order valence-corrected chi connectivity index (χ0v) is 15.3. The van der Waals surface area contributed by atoms with Crippen LogP contribution in [-0.4, -0.2) is 26.7 Å². The maximum atomic E-state index is 4.66. The fourth-order valence-corrected chi connectivity index (χ4v) is 17.6. The summed E-state index contributed by atoms with van der Waals surface area (Å²) in [6.07, 6.45) is 12.5. The zero-order valence-electron chi connectivity index (χ0n) is 12.5. The average Bonchev–Trinajstić information content (AvgIpc) is 2.93. The molecule has 1 aromatic rings. The van der Waals surface area contributed by atoms with Crippen LogP contribution in [0, 0.1) is 0 Å². The third-order valence-corrected chi connectivity index (χ3v) is 18.5. The van der Waals surface area contributed by atoms with Crippen LogP contribution >= 0.6 is 0 Å². The third kappa shape index (κ3) is 4.60. The summed E-state index contributed by atoms with van der Waals surface area (Å²) in [5, 5.41) is 4.66. The number of rotatable bonds is 10. The van der Waals surface area contributed by atoms with Crippen molar-refractivity contribution in [1.29, 1.82) is 0 Å². The van der Waals surface area contributed by atoms with Crippen LogP contribution in [0.1, 0.15) is 59.3 Å². The first-order valence-corrected chi connectivity index (χ1v) is 15.1. The van der Waals surface area contributed by atoms with E-state index < -0.39 is 18.7 Å². The van der Waals surface area contributed by atoms with Crippen molar-refractivity contribution in [2.24, 2.45) is 0 Å². The summed E-state index contributed by atoms with van der Waals surface area (Å²) in [5.74, 6) is 0. The molecule has 0 spiro atoms. The Balaban J connectivity index is 2.84. The van der Waals surface area contributed by atoms with E-state index in [0.29, 0.717) is 0 Å². The van der Waals surface area contributed by atoms with Crippen LogP contribution in [0.15, 0.2) is 18.5 Å². The van der Waals surface area contributed by atoms with Gasteiger partial charge in [0.2, 0.25) is 0 Å². The molecule has 0 saturated carbocycles. The van der Waals surface area contributed by atoms with E-state index in [2.05, 4.69) is 41.0 Å². The molecule has 0 radical (unpaired) electrons. The Hall–Kier alpha value is 0.00870. The Morgan fingerprint density at radius 2 is 1.39 bits per heavy atom. The van der Waals surface area contributed by atoms with Crippen molar-refractivity contribution >= 4 is 18.7 Å². The second-order valence-corrected chi connectivity index (χ2v) is 18.1. The van der Waals surface area contributed by atoms with Crippen molar-refractivity contribution in [3.8, 4) is 0 Å². The molecule has 2 nitrogen and oxygen atoms in total. The molecule has 0 fully saturated rings. The van der Waals surface area contributed by atoms with Crippen molar-refractivity contribution in [2.75, 3.05) is 0 Å². The van der Waals surface area contributed by atoms with Gasteiger partial charge in [0.25, 0.3) is 0 Å². The van der Waals surface area contributed by atoms with Crippen LogP contribution in [0.25, 0.3) is 0 Å².